The number of rotatable bonds is 0. The molecule has 1 aromatic carbocycles. The van der Waals surface area contributed by atoms with Gasteiger partial charge < -0.3 is 5.32 Å². The summed E-state index contributed by atoms with van der Waals surface area (Å²) in [5.74, 6) is 0. The van der Waals surface area contributed by atoms with Crippen molar-refractivity contribution in [3.05, 3.63) is 28.8 Å². The molecule has 0 radical (unpaired) electrons. The first-order valence-electron chi connectivity index (χ1n) is 4.93. The van der Waals surface area contributed by atoms with Gasteiger partial charge in [0, 0.05) is 12.2 Å². The van der Waals surface area contributed by atoms with E-state index in [-0.39, 0.29) is 0 Å². The Kier molecular flexibility index (Phi) is 2.37. The van der Waals surface area contributed by atoms with Gasteiger partial charge in [-0.15, -0.1) is 0 Å². The fraction of sp³-hybridized carbons (Fsp3) is 0.455. The van der Waals surface area contributed by atoms with Gasteiger partial charge in [-0.05, 0) is 37.0 Å². The molecular weight excluding hydrogens is 203 g/mol. The predicted molar refractivity (Wildman–Crippen MR) is 53.0 cm³/mol. The molecular formula is C11H12F3N. The summed E-state index contributed by atoms with van der Waals surface area (Å²) in [4.78, 5) is 0. The van der Waals surface area contributed by atoms with Crippen LogP contribution in [-0.2, 0) is 12.6 Å². The maximum absolute atomic E-state index is 12.6. The summed E-state index contributed by atoms with van der Waals surface area (Å²) in [6.07, 6.45) is -2.41. The highest BCUT2D eigenvalue weighted by Crippen LogP contribution is 2.37. The minimum atomic E-state index is -4.25. The van der Waals surface area contributed by atoms with E-state index in [2.05, 4.69) is 5.32 Å². The first-order chi connectivity index (χ1) is 7.00. The lowest BCUT2D eigenvalue weighted by molar-refractivity contribution is -0.138. The van der Waals surface area contributed by atoms with E-state index >= 15 is 0 Å². The lowest BCUT2D eigenvalue weighted by Crippen LogP contribution is -2.16. The number of nitrogens with one attached hydrogen (secondary N) is 1. The molecule has 1 aliphatic heterocycles. The minimum absolute atomic E-state index is 0.319. The third-order valence-electron chi connectivity index (χ3n) is 2.78. The number of halogens is 3. The zero-order valence-corrected chi connectivity index (χ0v) is 8.41. The van der Waals surface area contributed by atoms with Gasteiger partial charge in [0.05, 0.1) is 5.56 Å². The van der Waals surface area contributed by atoms with Crippen molar-refractivity contribution in [3.63, 3.8) is 0 Å². The third-order valence-corrected chi connectivity index (χ3v) is 2.78. The maximum atomic E-state index is 12.6. The smallest absolute Gasteiger partial charge is 0.385 e. The van der Waals surface area contributed by atoms with E-state index in [4.69, 9.17) is 0 Å². The third kappa shape index (κ3) is 1.80. The molecule has 0 saturated heterocycles. The molecule has 0 aliphatic carbocycles. The predicted octanol–water partition coefficient (Wildman–Crippen LogP) is 3.37. The number of hydrogen-bond acceptors (Lipinski definition) is 1. The van der Waals surface area contributed by atoms with Gasteiger partial charge in [0.25, 0.3) is 0 Å². The Labute approximate surface area is 86.3 Å². The highest BCUT2D eigenvalue weighted by molar-refractivity contribution is 5.61. The average Bonchev–Trinajstić information content (AvgIpc) is 2.16. The van der Waals surface area contributed by atoms with Crippen LogP contribution in [0.5, 0.6) is 0 Å². The summed E-state index contributed by atoms with van der Waals surface area (Å²) in [5, 5.41) is 3.04. The quantitative estimate of drug-likeness (QED) is 0.699. The Balaban J connectivity index is 2.53. The molecule has 1 nitrogen and oxygen atoms in total. The maximum Gasteiger partial charge on any atom is 0.416 e. The molecule has 0 saturated carbocycles. The van der Waals surface area contributed by atoms with Crippen LogP contribution in [0.1, 0.15) is 23.1 Å². The zero-order valence-electron chi connectivity index (χ0n) is 8.41. The molecule has 0 atom stereocenters. The molecule has 1 aliphatic rings. The fourth-order valence-corrected chi connectivity index (χ4v) is 2.02. The van der Waals surface area contributed by atoms with Gasteiger partial charge in [0.1, 0.15) is 0 Å². The number of aryl methyl sites for hydroxylation is 1. The van der Waals surface area contributed by atoms with Crippen molar-refractivity contribution in [3.8, 4) is 0 Å². The van der Waals surface area contributed by atoms with Crippen LogP contribution in [0, 0.1) is 6.92 Å². The van der Waals surface area contributed by atoms with Crippen molar-refractivity contribution in [1.29, 1.82) is 0 Å². The molecule has 1 aromatic rings. The average molecular weight is 215 g/mol. The molecule has 0 spiro atoms. The van der Waals surface area contributed by atoms with Gasteiger partial charge >= 0.3 is 6.18 Å². The Morgan fingerprint density at radius 3 is 2.67 bits per heavy atom. The van der Waals surface area contributed by atoms with Crippen molar-refractivity contribution in [1.82, 2.24) is 0 Å². The van der Waals surface area contributed by atoms with Crippen molar-refractivity contribution >= 4 is 5.69 Å². The van der Waals surface area contributed by atoms with Crippen LogP contribution in [0.25, 0.3) is 0 Å². The summed E-state index contributed by atoms with van der Waals surface area (Å²) >= 11 is 0. The monoisotopic (exact) mass is 215 g/mol. The normalized spacial score (nSPS) is 15.7. The Morgan fingerprint density at radius 1 is 1.27 bits per heavy atom. The van der Waals surface area contributed by atoms with Crippen LogP contribution < -0.4 is 5.32 Å². The molecule has 1 heterocycles. The second-order valence-electron chi connectivity index (χ2n) is 3.80. The van der Waals surface area contributed by atoms with Crippen LogP contribution in [0.2, 0.25) is 0 Å². The number of anilines is 1. The Bertz CT molecular complexity index is 382. The number of benzene rings is 1. The summed E-state index contributed by atoms with van der Waals surface area (Å²) in [5.41, 5.74) is 1.46. The van der Waals surface area contributed by atoms with E-state index in [1.54, 1.807) is 6.07 Å². The number of hydrogen-bond donors (Lipinski definition) is 1. The summed E-state index contributed by atoms with van der Waals surface area (Å²) in [6.45, 7) is 2.29. The lowest BCUT2D eigenvalue weighted by atomic mass is 9.96. The molecule has 1 N–H and O–H groups in total. The van der Waals surface area contributed by atoms with Gasteiger partial charge in [-0.2, -0.15) is 13.2 Å². The van der Waals surface area contributed by atoms with Gasteiger partial charge in [-0.25, -0.2) is 0 Å². The van der Waals surface area contributed by atoms with Gasteiger partial charge in [-0.1, -0.05) is 6.07 Å². The zero-order chi connectivity index (χ0) is 11.1. The van der Waals surface area contributed by atoms with Crippen molar-refractivity contribution < 1.29 is 13.2 Å². The topological polar surface area (TPSA) is 12.0 Å². The largest absolute Gasteiger partial charge is 0.416 e. The highest BCUT2D eigenvalue weighted by Gasteiger charge is 2.33. The lowest BCUT2D eigenvalue weighted by Gasteiger charge is -2.22. The van der Waals surface area contributed by atoms with E-state index in [1.165, 1.54) is 13.0 Å². The molecule has 0 bridgehead atoms. The van der Waals surface area contributed by atoms with E-state index in [0.29, 0.717) is 11.3 Å². The molecule has 0 unspecified atom stereocenters. The molecule has 0 aromatic heterocycles. The molecule has 4 heteroatoms. The van der Waals surface area contributed by atoms with Gasteiger partial charge in [0.2, 0.25) is 0 Å². The van der Waals surface area contributed by atoms with E-state index in [0.717, 1.165) is 24.9 Å². The summed E-state index contributed by atoms with van der Waals surface area (Å²) in [7, 11) is 0. The van der Waals surface area contributed by atoms with Crippen molar-refractivity contribution in [2.24, 2.45) is 0 Å². The summed E-state index contributed by atoms with van der Waals surface area (Å²) < 4.78 is 37.8. The van der Waals surface area contributed by atoms with Gasteiger partial charge in [0.15, 0.2) is 0 Å². The minimum Gasteiger partial charge on any atom is -0.385 e. The van der Waals surface area contributed by atoms with Crippen LogP contribution >= 0.6 is 0 Å². The van der Waals surface area contributed by atoms with E-state index < -0.39 is 11.7 Å². The first-order valence-corrected chi connectivity index (χ1v) is 4.93. The van der Waals surface area contributed by atoms with Crippen LogP contribution in [0.15, 0.2) is 12.1 Å². The van der Waals surface area contributed by atoms with Crippen LogP contribution in [-0.4, -0.2) is 6.54 Å². The Hall–Kier alpha value is -1.19. The fourth-order valence-electron chi connectivity index (χ4n) is 2.02. The van der Waals surface area contributed by atoms with Crippen LogP contribution in [0.3, 0.4) is 0 Å². The summed E-state index contributed by atoms with van der Waals surface area (Å²) in [6, 6.07) is 2.76. The second-order valence-corrected chi connectivity index (χ2v) is 3.80. The van der Waals surface area contributed by atoms with Crippen molar-refractivity contribution in [2.75, 3.05) is 11.9 Å². The number of alkyl halides is 3. The van der Waals surface area contributed by atoms with Crippen LogP contribution in [0.4, 0.5) is 18.9 Å². The number of fused-ring (bicyclic) bond motifs is 1. The van der Waals surface area contributed by atoms with E-state index in [1.807, 2.05) is 0 Å². The second kappa shape index (κ2) is 3.43. The van der Waals surface area contributed by atoms with Crippen molar-refractivity contribution in [2.45, 2.75) is 25.9 Å². The highest BCUT2D eigenvalue weighted by atomic mass is 19.4. The molecule has 15 heavy (non-hydrogen) atoms. The molecule has 0 amide bonds. The molecule has 0 fully saturated rings. The standard InChI is InChI=1S/C11H12F3N/c1-7-9(11(12,13)14)5-4-8-3-2-6-15-10(7)8/h4-5,15H,2-3,6H2,1H3. The van der Waals surface area contributed by atoms with Gasteiger partial charge in [-0.3, -0.25) is 0 Å². The Morgan fingerprint density at radius 2 is 2.00 bits per heavy atom. The van der Waals surface area contributed by atoms with E-state index in [9.17, 15) is 13.2 Å². The first kappa shape index (κ1) is 10.3. The molecule has 82 valence electrons. The molecule has 2 rings (SSSR count). The SMILES string of the molecule is Cc1c(C(F)(F)F)ccc2c1NCCC2.